The zero-order chi connectivity index (χ0) is 15.3. The molecule has 0 heterocycles. The quantitative estimate of drug-likeness (QED) is 0.789. The lowest BCUT2D eigenvalue weighted by Gasteiger charge is -2.28. The first-order valence-corrected chi connectivity index (χ1v) is 8.04. The fourth-order valence-electron chi connectivity index (χ4n) is 2.80. The van der Waals surface area contributed by atoms with Gasteiger partial charge in [-0.25, -0.2) is 0 Å². The van der Waals surface area contributed by atoms with Crippen LogP contribution in [0.25, 0.3) is 0 Å². The minimum Gasteiger partial charge on any atom is -0.490 e. The van der Waals surface area contributed by atoms with Crippen molar-refractivity contribution in [1.29, 1.82) is 5.26 Å². The second-order valence-electron chi connectivity index (χ2n) is 6.02. The predicted molar refractivity (Wildman–Crippen MR) is 85.4 cm³/mol. The Kier molecular flexibility index (Phi) is 5.25. The average molecular weight is 286 g/mol. The van der Waals surface area contributed by atoms with Gasteiger partial charge in [-0.1, -0.05) is 39.0 Å². The molecule has 0 aliphatic heterocycles. The number of likely N-dealkylation sites (N-methyl/N-ethyl adjacent to an activating group) is 1. The number of nitrogens with one attached hydrogen (secondary N) is 1. The van der Waals surface area contributed by atoms with Crippen molar-refractivity contribution in [3.05, 3.63) is 29.8 Å². The van der Waals surface area contributed by atoms with Crippen LogP contribution in [0.3, 0.4) is 0 Å². The van der Waals surface area contributed by atoms with E-state index in [4.69, 9.17) is 4.74 Å². The number of nitriles is 1. The van der Waals surface area contributed by atoms with Gasteiger partial charge in [0.05, 0.1) is 6.07 Å². The van der Waals surface area contributed by atoms with E-state index in [1.165, 1.54) is 5.56 Å². The van der Waals surface area contributed by atoms with Crippen LogP contribution >= 0.6 is 0 Å². The van der Waals surface area contributed by atoms with E-state index >= 15 is 0 Å². The summed E-state index contributed by atoms with van der Waals surface area (Å²) in [4.78, 5) is 0. The molecule has 2 rings (SSSR count). The van der Waals surface area contributed by atoms with Gasteiger partial charge in [0.25, 0.3) is 0 Å². The third kappa shape index (κ3) is 3.57. The van der Waals surface area contributed by atoms with Gasteiger partial charge in [-0.05, 0) is 49.3 Å². The summed E-state index contributed by atoms with van der Waals surface area (Å²) < 4.78 is 6.09. The summed E-state index contributed by atoms with van der Waals surface area (Å²) in [5, 5.41) is 13.0. The van der Waals surface area contributed by atoms with E-state index < -0.39 is 5.54 Å². The van der Waals surface area contributed by atoms with Crippen LogP contribution in [0.4, 0.5) is 0 Å². The monoisotopic (exact) mass is 286 g/mol. The highest BCUT2D eigenvalue weighted by Crippen LogP contribution is 2.40. The molecule has 21 heavy (non-hydrogen) atoms. The molecule has 0 amide bonds. The highest BCUT2D eigenvalue weighted by Gasteiger charge is 2.46. The van der Waals surface area contributed by atoms with Gasteiger partial charge in [-0.15, -0.1) is 0 Å². The molecule has 1 fully saturated rings. The standard InChI is InChI=1S/C18H26N2O/c1-4-14(3)16-8-6-7-9-17(16)21-13-18(12-19,20-5-2)15-10-11-15/h6-9,14-15,20H,4-5,10-11,13H2,1-3H3. The number of para-hydroxylation sites is 1. The molecule has 1 aliphatic carbocycles. The maximum absolute atomic E-state index is 9.63. The average Bonchev–Trinajstić information content (AvgIpc) is 3.36. The number of benzene rings is 1. The molecular weight excluding hydrogens is 260 g/mol. The van der Waals surface area contributed by atoms with E-state index in [9.17, 15) is 5.26 Å². The zero-order valence-corrected chi connectivity index (χ0v) is 13.4. The Hall–Kier alpha value is -1.53. The van der Waals surface area contributed by atoms with Crippen LogP contribution in [0.2, 0.25) is 0 Å². The van der Waals surface area contributed by atoms with Crippen molar-refractivity contribution in [1.82, 2.24) is 5.32 Å². The third-order valence-corrected chi connectivity index (χ3v) is 4.48. The van der Waals surface area contributed by atoms with E-state index in [1.54, 1.807) is 0 Å². The van der Waals surface area contributed by atoms with Crippen LogP contribution in [-0.4, -0.2) is 18.7 Å². The normalized spacial score (nSPS) is 18.6. The summed E-state index contributed by atoms with van der Waals surface area (Å²) in [6.07, 6.45) is 3.33. The van der Waals surface area contributed by atoms with Crippen LogP contribution in [0.15, 0.2) is 24.3 Å². The van der Waals surface area contributed by atoms with Crippen molar-refractivity contribution in [2.24, 2.45) is 5.92 Å². The van der Waals surface area contributed by atoms with Gasteiger partial charge < -0.3 is 4.74 Å². The summed E-state index contributed by atoms with van der Waals surface area (Å²) >= 11 is 0. The molecule has 0 aromatic heterocycles. The van der Waals surface area contributed by atoms with Crippen molar-refractivity contribution >= 4 is 0 Å². The minimum absolute atomic E-state index is 0.426. The Labute approximate surface area is 128 Å². The van der Waals surface area contributed by atoms with E-state index in [0.29, 0.717) is 18.4 Å². The predicted octanol–water partition coefficient (Wildman–Crippen LogP) is 3.86. The maximum Gasteiger partial charge on any atom is 0.143 e. The van der Waals surface area contributed by atoms with Gasteiger partial charge in [0.15, 0.2) is 0 Å². The van der Waals surface area contributed by atoms with Crippen molar-refractivity contribution in [2.45, 2.75) is 51.5 Å². The number of ether oxygens (including phenoxy) is 1. The summed E-state index contributed by atoms with van der Waals surface area (Å²) in [6, 6.07) is 10.7. The molecule has 0 radical (unpaired) electrons. The number of nitrogens with zero attached hydrogens (tertiary/aromatic N) is 1. The lowest BCUT2D eigenvalue weighted by molar-refractivity contribution is 0.202. The van der Waals surface area contributed by atoms with Gasteiger partial charge in [0.2, 0.25) is 0 Å². The highest BCUT2D eigenvalue weighted by molar-refractivity contribution is 5.36. The molecule has 0 spiro atoms. The second kappa shape index (κ2) is 6.95. The van der Waals surface area contributed by atoms with Crippen molar-refractivity contribution in [3.8, 4) is 11.8 Å². The van der Waals surface area contributed by atoms with Crippen molar-refractivity contribution in [3.63, 3.8) is 0 Å². The van der Waals surface area contributed by atoms with E-state index in [0.717, 1.165) is 31.6 Å². The fraction of sp³-hybridized carbons (Fsp3) is 0.611. The topological polar surface area (TPSA) is 45.0 Å². The summed E-state index contributed by atoms with van der Waals surface area (Å²) in [5.41, 5.74) is 0.705. The largest absolute Gasteiger partial charge is 0.490 e. The number of hydrogen-bond acceptors (Lipinski definition) is 3. The Morgan fingerprint density at radius 3 is 2.67 bits per heavy atom. The molecule has 1 aromatic rings. The molecule has 3 nitrogen and oxygen atoms in total. The van der Waals surface area contributed by atoms with Crippen LogP contribution in [0, 0.1) is 17.2 Å². The Morgan fingerprint density at radius 1 is 1.38 bits per heavy atom. The van der Waals surface area contributed by atoms with E-state index in [2.05, 4.69) is 37.4 Å². The van der Waals surface area contributed by atoms with Crippen molar-refractivity contribution < 1.29 is 4.74 Å². The maximum atomic E-state index is 9.63. The molecular formula is C18H26N2O. The van der Waals surface area contributed by atoms with Crippen LogP contribution in [0.1, 0.15) is 51.5 Å². The lowest BCUT2D eigenvalue weighted by atomic mass is 9.95. The Balaban J connectivity index is 2.13. The SMILES string of the molecule is CCNC(C#N)(COc1ccccc1C(C)CC)C1CC1. The minimum atomic E-state index is -0.530. The Morgan fingerprint density at radius 2 is 2.10 bits per heavy atom. The number of rotatable bonds is 8. The van der Waals surface area contributed by atoms with Gasteiger partial charge >= 0.3 is 0 Å². The van der Waals surface area contributed by atoms with Gasteiger partial charge in [0, 0.05) is 0 Å². The van der Waals surface area contributed by atoms with Gasteiger partial charge in [0.1, 0.15) is 17.9 Å². The lowest BCUT2D eigenvalue weighted by Crippen LogP contribution is -2.51. The van der Waals surface area contributed by atoms with Gasteiger partial charge in [-0.3, -0.25) is 5.32 Å². The molecule has 2 unspecified atom stereocenters. The summed E-state index contributed by atoms with van der Waals surface area (Å²) in [7, 11) is 0. The van der Waals surface area contributed by atoms with Crippen molar-refractivity contribution in [2.75, 3.05) is 13.2 Å². The van der Waals surface area contributed by atoms with E-state index in [1.807, 2.05) is 19.1 Å². The van der Waals surface area contributed by atoms with E-state index in [-0.39, 0.29) is 0 Å². The Bertz CT molecular complexity index is 504. The zero-order valence-electron chi connectivity index (χ0n) is 13.4. The third-order valence-electron chi connectivity index (χ3n) is 4.48. The highest BCUT2D eigenvalue weighted by atomic mass is 16.5. The smallest absolute Gasteiger partial charge is 0.143 e. The van der Waals surface area contributed by atoms with Crippen LogP contribution < -0.4 is 10.1 Å². The first-order chi connectivity index (χ1) is 10.2. The van der Waals surface area contributed by atoms with Crippen LogP contribution in [0.5, 0.6) is 5.75 Å². The molecule has 114 valence electrons. The first kappa shape index (κ1) is 15.9. The molecule has 2 atom stereocenters. The molecule has 1 aliphatic rings. The van der Waals surface area contributed by atoms with Gasteiger partial charge in [-0.2, -0.15) is 5.26 Å². The molecule has 1 N–H and O–H groups in total. The number of hydrogen-bond donors (Lipinski definition) is 1. The molecule has 0 saturated heterocycles. The molecule has 3 heteroatoms. The molecule has 1 saturated carbocycles. The first-order valence-electron chi connectivity index (χ1n) is 8.04. The summed E-state index contributed by atoms with van der Waals surface area (Å²) in [5.74, 6) is 1.82. The molecule has 1 aromatic carbocycles. The fourth-order valence-corrected chi connectivity index (χ4v) is 2.80. The second-order valence-corrected chi connectivity index (χ2v) is 6.02. The summed E-state index contributed by atoms with van der Waals surface area (Å²) in [6.45, 7) is 7.66. The van der Waals surface area contributed by atoms with Crippen LogP contribution in [-0.2, 0) is 0 Å². The molecule has 0 bridgehead atoms.